The molecule has 0 saturated heterocycles. The van der Waals surface area contributed by atoms with Crippen LogP contribution in [0.1, 0.15) is 34.0 Å². The second kappa shape index (κ2) is 6.40. The van der Waals surface area contributed by atoms with E-state index in [1.165, 1.54) is 12.1 Å². The molecule has 0 unspecified atom stereocenters. The number of halogens is 1. The molecule has 4 heteroatoms. The summed E-state index contributed by atoms with van der Waals surface area (Å²) in [7, 11) is 1.60. The Balaban J connectivity index is 2.12. The molecule has 0 spiro atoms. The number of methoxy groups -OCH3 is 1. The lowest BCUT2D eigenvalue weighted by Crippen LogP contribution is -2.01. The number of ketones is 1. The fourth-order valence-corrected chi connectivity index (χ4v) is 2.92. The number of carbonyl (C=O) groups excluding carboxylic acids is 1. The summed E-state index contributed by atoms with van der Waals surface area (Å²) in [5, 5.41) is 0.782. The third-order valence-electron chi connectivity index (χ3n) is 4.07. The van der Waals surface area contributed by atoms with Gasteiger partial charge in [-0.05, 0) is 61.2 Å². The molecule has 0 radical (unpaired) electrons. The fourth-order valence-electron chi connectivity index (χ4n) is 2.92. The van der Waals surface area contributed by atoms with Crippen molar-refractivity contribution in [3.63, 3.8) is 0 Å². The lowest BCUT2D eigenvalue weighted by atomic mass is 9.98. The Hall–Kier alpha value is -2.75. The number of fused-ring (bicyclic) bond motifs is 1. The van der Waals surface area contributed by atoms with E-state index in [0.717, 1.165) is 22.1 Å². The van der Waals surface area contributed by atoms with Crippen molar-refractivity contribution in [1.82, 2.24) is 4.98 Å². The highest BCUT2D eigenvalue weighted by Crippen LogP contribution is 2.31. The maximum absolute atomic E-state index is 13.0. The molecule has 0 atom stereocenters. The Kier molecular flexibility index (Phi) is 4.30. The molecule has 0 aliphatic carbocycles. The van der Waals surface area contributed by atoms with Crippen molar-refractivity contribution >= 4 is 16.7 Å². The lowest BCUT2D eigenvalue weighted by molar-refractivity contribution is 0.101. The molecule has 3 rings (SSSR count). The summed E-state index contributed by atoms with van der Waals surface area (Å²) in [4.78, 5) is 16.5. The van der Waals surface area contributed by atoms with E-state index in [9.17, 15) is 9.18 Å². The van der Waals surface area contributed by atoms with Crippen LogP contribution in [0.15, 0.2) is 42.6 Å². The van der Waals surface area contributed by atoms with E-state index in [4.69, 9.17) is 4.74 Å². The highest BCUT2D eigenvalue weighted by molar-refractivity contribution is 6.08. The number of rotatable bonds is 4. The summed E-state index contributed by atoms with van der Waals surface area (Å²) >= 11 is 0. The van der Waals surface area contributed by atoms with Gasteiger partial charge in [0.05, 0.1) is 7.11 Å². The molecule has 3 aromatic rings. The van der Waals surface area contributed by atoms with Crippen LogP contribution in [0, 0.1) is 12.7 Å². The number of aromatic nitrogens is 1. The highest BCUT2D eigenvalue weighted by Gasteiger charge is 2.15. The zero-order chi connectivity index (χ0) is 17.3. The van der Waals surface area contributed by atoms with Crippen molar-refractivity contribution < 1.29 is 13.9 Å². The maximum atomic E-state index is 13.0. The zero-order valence-corrected chi connectivity index (χ0v) is 13.9. The number of ether oxygens (including phenoxy) is 1. The second-order valence-electron chi connectivity index (χ2n) is 5.87. The van der Waals surface area contributed by atoms with E-state index in [1.54, 1.807) is 32.4 Å². The zero-order valence-electron chi connectivity index (χ0n) is 13.9. The Bertz CT molecular complexity index is 917. The smallest absolute Gasteiger partial charge is 0.160 e. The van der Waals surface area contributed by atoms with Crippen molar-refractivity contribution in [1.29, 1.82) is 0 Å². The molecule has 24 heavy (non-hydrogen) atoms. The molecular weight excluding hydrogens is 305 g/mol. The van der Waals surface area contributed by atoms with Gasteiger partial charge in [-0.2, -0.15) is 0 Å². The standard InChI is InChI=1S/C20H18FNO2/c1-12-8-17(13(2)23)18-10-15(11-22-19(18)20(12)24-3)9-14-4-6-16(21)7-5-14/h4-8,10-11H,9H2,1-3H3. The first-order valence-corrected chi connectivity index (χ1v) is 7.71. The predicted octanol–water partition coefficient (Wildman–Crippen LogP) is 4.48. The summed E-state index contributed by atoms with van der Waals surface area (Å²) < 4.78 is 18.5. The van der Waals surface area contributed by atoms with Crippen LogP contribution in [-0.2, 0) is 6.42 Å². The first-order chi connectivity index (χ1) is 11.5. The number of hydrogen-bond donors (Lipinski definition) is 0. The molecule has 2 aromatic carbocycles. The monoisotopic (exact) mass is 323 g/mol. The van der Waals surface area contributed by atoms with E-state index in [-0.39, 0.29) is 11.6 Å². The number of pyridine rings is 1. The van der Waals surface area contributed by atoms with Crippen LogP contribution < -0.4 is 4.74 Å². The van der Waals surface area contributed by atoms with Gasteiger partial charge in [-0.25, -0.2) is 4.39 Å². The van der Waals surface area contributed by atoms with Crippen molar-refractivity contribution in [2.45, 2.75) is 20.3 Å². The van der Waals surface area contributed by atoms with Crippen LogP contribution in [0.2, 0.25) is 0 Å². The van der Waals surface area contributed by atoms with Crippen LogP contribution >= 0.6 is 0 Å². The average Bonchev–Trinajstić information content (AvgIpc) is 2.56. The van der Waals surface area contributed by atoms with Crippen LogP contribution in [0.4, 0.5) is 4.39 Å². The van der Waals surface area contributed by atoms with Gasteiger partial charge in [0.25, 0.3) is 0 Å². The van der Waals surface area contributed by atoms with Gasteiger partial charge in [-0.3, -0.25) is 9.78 Å². The molecule has 122 valence electrons. The molecule has 0 N–H and O–H groups in total. The highest BCUT2D eigenvalue weighted by atomic mass is 19.1. The molecule has 0 amide bonds. The number of Topliss-reactive ketones (excluding diaryl/α,β-unsaturated/α-hetero) is 1. The van der Waals surface area contributed by atoms with Crippen LogP contribution in [0.3, 0.4) is 0 Å². The summed E-state index contributed by atoms with van der Waals surface area (Å²) in [5.74, 6) is 0.421. The van der Waals surface area contributed by atoms with Gasteiger partial charge in [0, 0.05) is 17.1 Å². The van der Waals surface area contributed by atoms with Crippen LogP contribution in [0.25, 0.3) is 10.9 Å². The van der Waals surface area contributed by atoms with E-state index < -0.39 is 0 Å². The van der Waals surface area contributed by atoms with Crippen LogP contribution in [0.5, 0.6) is 5.75 Å². The predicted molar refractivity (Wildman–Crippen MR) is 92.2 cm³/mol. The van der Waals surface area contributed by atoms with Gasteiger partial charge in [-0.1, -0.05) is 12.1 Å². The normalized spacial score (nSPS) is 10.8. The summed E-state index contributed by atoms with van der Waals surface area (Å²) in [6, 6.07) is 10.2. The molecule has 1 heterocycles. The van der Waals surface area contributed by atoms with Gasteiger partial charge in [0.1, 0.15) is 17.1 Å². The Morgan fingerprint density at radius 1 is 1.17 bits per heavy atom. The third-order valence-corrected chi connectivity index (χ3v) is 4.07. The van der Waals surface area contributed by atoms with Crippen molar-refractivity contribution in [2.24, 2.45) is 0 Å². The molecular formula is C20H18FNO2. The number of carbonyl (C=O) groups is 1. The number of aryl methyl sites for hydroxylation is 1. The SMILES string of the molecule is COc1c(C)cc(C(C)=O)c2cc(Cc3ccc(F)cc3)cnc12. The van der Waals surface area contributed by atoms with E-state index in [1.807, 2.05) is 19.1 Å². The van der Waals surface area contributed by atoms with E-state index in [0.29, 0.717) is 23.3 Å². The second-order valence-corrected chi connectivity index (χ2v) is 5.87. The number of nitrogens with zero attached hydrogens (tertiary/aromatic N) is 1. The van der Waals surface area contributed by atoms with E-state index >= 15 is 0 Å². The average molecular weight is 323 g/mol. The Morgan fingerprint density at radius 3 is 2.50 bits per heavy atom. The lowest BCUT2D eigenvalue weighted by Gasteiger charge is -2.13. The molecule has 0 saturated carbocycles. The minimum atomic E-state index is -0.255. The van der Waals surface area contributed by atoms with Crippen molar-refractivity contribution in [3.05, 3.63) is 70.7 Å². The third kappa shape index (κ3) is 3.00. The van der Waals surface area contributed by atoms with Gasteiger partial charge < -0.3 is 4.74 Å². The quantitative estimate of drug-likeness (QED) is 0.664. The number of hydrogen-bond acceptors (Lipinski definition) is 3. The molecule has 0 fully saturated rings. The summed E-state index contributed by atoms with van der Waals surface area (Å²) in [6.45, 7) is 3.45. The molecule has 1 aromatic heterocycles. The van der Waals surface area contributed by atoms with Gasteiger partial charge >= 0.3 is 0 Å². The largest absolute Gasteiger partial charge is 0.494 e. The summed E-state index contributed by atoms with van der Waals surface area (Å²) in [5.41, 5.74) is 4.15. The van der Waals surface area contributed by atoms with Gasteiger partial charge in [0.15, 0.2) is 5.78 Å². The van der Waals surface area contributed by atoms with Gasteiger partial charge in [0.2, 0.25) is 0 Å². The topological polar surface area (TPSA) is 39.2 Å². The first kappa shape index (κ1) is 16.1. The minimum absolute atomic E-state index is 0.00788. The number of benzene rings is 2. The first-order valence-electron chi connectivity index (χ1n) is 7.71. The summed E-state index contributed by atoms with van der Waals surface area (Å²) in [6.07, 6.45) is 2.40. The van der Waals surface area contributed by atoms with Crippen molar-refractivity contribution in [3.8, 4) is 5.75 Å². The fraction of sp³-hybridized carbons (Fsp3) is 0.200. The minimum Gasteiger partial charge on any atom is -0.494 e. The van der Waals surface area contributed by atoms with E-state index in [2.05, 4.69) is 4.98 Å². The Labute approximate surface area is 140 Å². The maximum Gasteiger partial charge on any atom is 0.160 e. The van der Waals surface area contributed by atoms with Crippen molar-refractivity contribution in [2.75, 3.05) is 7.11 Å². The van der Waals surface area contributed by atoms with Gasteiger partial charge in [-0.15, -0.1) is 0 Å². The molecule has 3 nitrogen and oxygen atoms in total. The van der Waals surface area contributed by atoms with Crippen LogP contribution in [-0.4, -0.2) is 17.9 Å². The molecule has 0 aliphatic rings. The Morgan fingerprint density at radius 2 is 1.88 bits per heavy atom. The molecule has 0 aliphatic heterocycles. The molecule has 0 bridgehead atoms.